The van der Waals surface area contributed by atoms with Gasteiger partial charge in [0.1, 0.15) is 0 Å². The fraction of sp³-hybridized carbons (Fsp3) is 0.538. The van der Waals surface area contributed by atoms with Crippen LogP contribution < -0.4 is 10.0 Å². The molecule has 0 saturated carbocycles. The van der Waals surface area contributed by atoms with Gasteiger partial charge in [0, 0.05) is 22.6 Å². The first-order valence-electron chi connectivity index (χ1n) is 6.80. The molecule has 0 radical (unpaired) electrons. The molecule has 21 heavy (non-hydrogen) atoms. The van der Waals surface area contributed by atoms with Gasteiger partial charge in [-0.25, -0.2) is 0 Å². The number of rotatable bonds is 5. The monoisotopic (exact) mass is 395 g/mol. The highest BCUT2D eigenvalue weighted by Crippen LogP contribution is 2.28. The van der Waals surface area contributed by atoms with Gasteiger partial charge in [-0.05, 0) is 66.5 Å². The maximum Gasteiger partial charge on any atom is 0.301 e. The zero-order valence-electron chi connectivity index (χ0n) is 11.8. The van der Waals surface area contributed by atoms with Crippen molar-refractivity contribution in [3.63, 3.8) is 0 Å². The van der Waals surface area contributed by atoms with Gasteiger partial charge < -0.3 is 5.32 Å². The van der Waals surface area contributed by atoms with Crippen molar-refractivity contribution in [3.05, 3.63) is 27.7 Å². The average Bonchev–Trinajstić information content (AvgIpc) is 2.43. The van der Waals surface area contributed by atoms with Crippen LogP contribution in [0.15, 0.2) is 22.7 Å². The van der Waals surface area contributed by atoms with E-state index in [0.717, 1.165) is 19.4 Å². The molecule has 8 heteroatoms. The van der Waals surface area contributed by atoms with Gasteiger partial charge in [-0.1, -0.05) is 11.6 Å². The molecule has 1 unspecified atom stereocenters. The van der Waals surface area contributed by atoms with Gasteiger partial charge in [-0.15, -0.1) is 0 Å². The predicted octanol–water partition coefficient (Wildman–Crippen LogP) is 2.69. The minimum Gasteiger partial charge on any atom is -0.319 e. The molecule has 1 saturated heterocycles. The molecule has 1 aromatic carbocycles. The molecule has 1 aliphatic rings. The molecule has 118 valence electrons. The van der Waals surface area contributed by atoms with Crippen LogP contribution in [0.2, 0.25) is 5.02 Å². The third-order valence-electron chi connectivity index (χ3n) is 3.48. The molecule has 1 aliphatic heterocycles. The summed E-state index contributed by atoms with van der Waals surface area (Å²) in [5.74, 6) is 0.356. The fourth-order valence-corrected chi connectivity index (χ4v) is 4.75. The number of hydrogen-bond acceptors (Lipinski definition) is 3. The van der Waals surface area contributed by atoms with Crippen LogP contribution in [0.25, 0.3) is 0 Å². The lowest BCUT2D eigenvalue weighted by Crippen LogP contribution is -2.44. The van der Waals surface area contributed by atoms with Crippen LogP contribution in [0.3, 0.4) is 0 Å². The molecule has 2 N–H and O–H groups in total. The quantitative estimate of drug-likeness (QED) is 0.804. The Bertz CT molecular complexity index is 595. The lowest BCUT2D eigenvalue weighted by molar-refractivity contribution is 0.264. The lowest BCUT2D eigenvalue weighted by Gasteiger charge is -2.32. The van der Waals surface area contributed by atoms with Gasteiger partial charge in [0.25, 0.3) is 0 Å². The van der Waals surface area contributed by atoms with Crippen molar-refractivity contribution in [3.8, 4) is 0 Å². The molecule has 0 aliphatic carbocycles. The predicted molar refractivity (Wildman–Crippen MR) is 89.9 cm³/mol. The van der Waals surface area contributed by atoms with Crippen molar-refractivity contribution in [2.45, 2.75) is 12.8 Å². The molecule has 1 heterocycles. The van der Waals surface area contributed by atoms with Crippen LogP contribution in [0, 0.1) is 5.92 Å². The minimum absolute atomic E-state index is 0.356. The second-order valence-electron chi connectivity index (χ2n) is 5.16. The molecule has 1 atom stereocenters. The Morgan fingerprint density at radius 1 is 1.48 bits per heavy atom. The number of piperidine rings is 1. The minimum atomic E-state index is -3.54. The molecule has 2 rings (SSSR count). The summed E-state index contributed by atoms with van der Waals surface area (Å²) in [4.78, 5) is 0. The molecule has 0 bridgehead atoms. The van der Waals surface area contributed by atoms with E-state index in [1.54, 1.807) is 18.2 Å². The maximum atomic E-state index is 12.5. The van der Waals surface area contributed by atoms with Crippen molar-refractivity contribution in [2.75, 3.05) is 31.4 Å². The molecule has 0 amide bonds. The number of nitrogens with one attached hydrogen (secondary N) is 2. The van der Waals surface area contributed by atoms with E-state index in [1.165, 1.54) is 4.31 Å². The highest BCUT2D eigenvalue weighted by Gasteiger charge is 2.28. The SMILES string of the molecule is CNCC1CCCN(S(=O)(=O)Nc2ccc(Cl)cc2Br)C1. The number of nitrogens with zero attached hydrogens (tertiary/aromatic N) is 1. The van der Waals surface area contributed by atoms with E-state index in [0.29, 0.717) is 34.2 Å². The van der Waals surface area contributed by atoms with Crippen molar-refractivity contribution >= 4 is 43.4 Å². The fourth-order valence-electron chi connectivity index (χ4n) is 2.48. The largest absolute Gasteiger partial charge is 0.319 e. The van der Waals surface area contributed by atoms with E-state index in [-0.39, 0.29) is 0 Å². The first kappa shape index (κ1) is 17.0. The van der Waals surface area contributed by atoms with E-state index >= 15 is 0 Å². The van der Waals surface area contributed by atoms with Crippen LogP contribution >= 0.6 is 27.5 Å². The van der Waals surface area contributed by atoms with Crippen molar-refractivity contribution in [2.24, 2.45) is 5.92 Å². The molecule has 0 spiro atoms. The zero-order valence-corrected chi connectivity index (χ0v) is 14.9. The summed E-state index contributed by atoms with van der Waals surface area (Å²) in [6.45, 7) is 1.93. The summed E-state index contributed by atoms with van der Waals surface area (Å²) in [5.41, 5.74) is 0.495. The highest BCUT2D eigenvalue weighted by atomic mass is 79.9. The standard InChI is InChI=1S/C13H19BrClN3O2S/c1-16-8-10-3-2-6-18(9-10)21(19,20)17-13-5-4-11(15)7-12(13)14/h4-5,7,10,16-17H,2-3,6,8-9H2,1H3. The van der Waals surface area contributed by atoms with E-state index in [9.17, 15) is 8.42 Å². The molecule has 5 nitrogen and oxygen atoms in total. The van der Waals surface area contributed by atoms with Crippen molar-refractivity contribution < 1.29 is 8.42 Å². The van der Waals surface area contributed by atoms with Crippen molar-refractivity contribution in [1.82, 2.24) is 9.62 Å². The number of anilines is 1. The second-order valence-corrected chi connectivity index (χ2v) is 8.12. The third kappa shape index (κ3) is 4.56. The molecule has 1 aromatic rings. The normalized spacial score (nSPS) is 20.4. The summed E-state index contributed by atoms with van der Waals surface area (Å²) in [6.07, 6.45) is 1.94. The Labute approximate surface area is 139 Å². The summed E-state index contributed by atoms with van der Waals surface area (Å²) < 4.78 is 29.7. The van der Waals surface area contributed by atoms with E-state index in [4.69, 9.17) is 11.6 Å². The van der Waals surface area contributed by atoms with Gasteiger partial charge in [-0.3, -0.25) is 4.72 Å². The zero-order chi connectivity index (χ0) is 15.5. The van der Waals surface area contributed by atoms with Crippen molar-refractivity contribution in [1.29, 1.82) is 0 Å². The number of halogens is 2. The van der Waals surface area contributed by atoms with Gasteiger partial charge in [-0.2, -0.15) is 12.7 Å². The third-order valence-corrected chi connectivity index (χ3v) is 5.87. The Hall–Kier alpha value is -0.340. The van der Waals surface area contributed by atoms with Gasteiger partial charge in [0.05, 0.1) is 5.69 Å². The van der Waals surface area contributed by atoms with E-state index in [2.05, 4.69) is 26.0 Å². The van der Waals surface area contributed by atoms with E-state index < -0.39 is 10.2 Å². The Balaban J connectivity index is 2.10. The van der Waals surface area contributed by atoms with E-state index in [1.807, 2.05) is 7.05 Å². The Morgan fingerprint density at radius 3 is 2.90 bits per heavy atom. The number of benzene rings is 1. The first-order valence-corrected chi connectivity index (χ1v) is 9.41. The van der Waals surface area contributed by atoms with Gasteiger partial charge in [0.2, 0.25) is 0 Å². The highest BCUT2D eigenvalue weighted by molar-refractivity contribution is 9.10. The average molecular weight is 397 g/mol. The second kappa shape index (κ2) is 7.28. The van der Waals surface area contributed by atoms with Crippen LogP contribution in [-0.4, -0.2) is 39.4 Å². The molecular formula is C13H19BrClN3O2S. The summed E-state index contributed by atoms with van der Waals surface area (Å²) >= 11 is 9.19. The summed E-state index contributed by atoms with van der Waals surface area (Å²) in [7, 11) is -1.66. The van der Waals surface area contributed by atoms with Gasteiger partial charge >= 0.3 is 10.2 Å². The van der Waals surface area contributed by atoms with Crippen LogP contribution in [0.5, 0.6) is 0 Å². The summed E-state index contributed by atoms with van der Waals surface area (Å²) in [6, 6.07) is 4.97. The topological polar surface area (TPSA) is 61.4 Å². The maximum absolute atomic E-state index is 12.5. The van der Waals surface area contributed by atoms with Crippen LogP contribution in [0.1, 0.15) is 12.8 Å². The lowest BCUT2D eigenvalue weighted by atomic mass is 10.00. The van der Waals surface area contributed by atoms with Crippen LogP contribution in [-0.2, 0) is 10.2 Å². The molecule has 0 aromatic heterocycles. The number of hydrogen-bond donors (Lipinski definition) is 2. The molecular weight excluding hydrogens is 378 g/mol. The molecule has 1 fully saturated rings. The summed E-state index contributed by atoms with van der Waals surface area (Å²) in [5, 5.41) is 3.66. The van der Waals surface area contributed by atoms with Gasteiger partial charge in [0.15, 0.2) is 0 Å². The Kier molecular flexibility index (Phi) is 5.90. The Morgan fingerprint density at radius 2 is 2.24 bits per heavy atom. The van der Waals surface area contributed by atoms with Crippen LogP contribution in [0.4, 0.5) is 5.69 Å². The first-order chi connectivity index (χ1) is 9.92. The smallest absolute Gasteiger partial charge is 0.301 e.